The fourth-order valence-corrected chi connectivity index (χ4v) is 5.67. The number of aromatic nitrogens is 1. The van der Waals surface area contributed by atoms with Crippen LogP contribution in [0.3, 0.4) is 0 Å². The number of halogens is 2. The summed E-state index contributed by atoms with van der Waals surface area (Å²) in [7, 11) is -4.16. The van der Waals surface area contributed by atoms with E-state index >= 15 is 0 Å². The number of sulfonamides is 1. The third-order valence-corrected chi connectivity index (χ3v) is 8.09. The molecule has 0 aliphatic carbocycles. The Morgan fingerprint density at radius 3 is 2.56 bits per heavy atom. The van der Waals surface area contributed by atoms with Crippen molar-refractivity contribution in [1.29, 1.82) is 0 Å². The maximum absolute atomic E-state index is 14.0. The number of nitrogens with one attached hydrogen (secondary N) is 2. The van der Waals surface area contributed by atoms with Gasteiger partial charge in [0.15, 0.2) is 0 Å². The Kier molecular flexibility index (Phi) is 6.05. The van der Waals surface area contributed by atoms with Crippen molar-refractivity contribution in [3.05, 3.63) is 64.9 Å². The van der Waals surface area contributed by atoms with Crippen molar-refractivity contribution in [3.63, 3.8) is 0 Å². The number of H-pyrrole nitrogens is 1. The fourth-order valence-electron chi connectivity index (χ4n) is 4.12. The molecule has 170 valence electrons. The van der Waals surface area contributed by atoms with E-state index in [-0.39, 0.29) is 24.9 Å². The molecule has 1 aliphatic rings. The summed E-state index contributed by atoms with van der Waals surface area (Å²) in [5, 5.41) is 4.06. The van der Waals surface area contributed by atoms with Gasteiger partial charge in [-0.05, 0) is 68.1 Å². The number of fused-ring (bicyclic) bond motifs is 1. The molecule has 1 amide bonds. The zero-order chi connectivity index (χ0) is 23.0. The van der Waals surface area contributed by atoms with Crippen molar-refractivity contribution < 1.29 is 22.0 Å². The van der Waals surface area contributed by atoms with Gasteiger partial charge >= 0.3 is 0 Å². The van der Waals surface area contributed by atoms with Crippen molar-refractivity contribution in [3.8, 4) is 0 Å². The summed E-state index contributed by atoms with van der Waals surface area (Å²) in [5.74, 6) is -2.28. The van der Waals surface area contributed by atoms with Gasteiger partial charge in [-0.1, -0.05) is 6.07 Å². The third kappa shape index (κ3) is 4.27. The first kappa shape index (κ1) is 22.4. The minimum atomic E-state index is -4.16. The molecule has 0 saturated carbocycles. The van der Waals surface area contributed by atoms with Crippen molar-refractivity contribution in [1.82, 2.24) is 14.6 Å². The zero-order valence-corrected chi connectivity index (χ0v) is 18.7. The van der Waals surface area contributed by atoms with Gasteiger partial charge in [0.1, 0.15) is 16.5 Å². The van der Waals surface area contributed by atoms with E-state index in [9.17, 15) is 22.0 Å². The molecular formula is C23H25F2N3O3S. The number of hydrogen-bond donors (Lipinski definition) is 2. The van der Waals surface area contributed by atoms with Crippen LogP contribution < -0.4 is 5.32 Å². The second kappa shape index (κ2) is 8.63. The summed E-state index contributed by atoms with van der Waals surface area (Å²) < 4.78 is 53.9. The molecule has 0 atom stereocenters. The van der Waals surface area contributed by atoms with Crippen molar-refractivity contribution >= 4 is 26.8 Å². The first-order valence-corrected chi connectivity index (χ1v) is 11.9. The normalized spacial score (nSPS) is 15.9. The number of carbonyl (C=O) groups excluding carboxylic acids is 1. The van der Waals surface area contributed by atoms with Gasteiger partial charge in [-0.25, -0.2) is 17.2 Å². The molecule has 1 aliphatic heterocycles. The minimum Gasteiger partial charge on any atom is -0.358 e. The Morgan fingerprint density at radius 2 is 1.84 bits per heavy atom. The number of nitrogens with zero attached hydrogens (tertiary/aromatic N) is 1. The number of piperidine rings is 1. The second-order valence-corrected chi connectivity index (χ2v) is 10.1. The number of carbonyl (C=O) groups is 1. The highest BCUT2D eigenvalue weighted by Crippen LogP contribution is 2.26. The highest BCUT2D eigenvalue weighted by molar-refractivity contribution is 7.89. The largest absolute Gasteiger partial charge is 0.358 e. The smallest absolute Gasteiger partial charge is 0.246 e. The number of aromatic amines is 1. The average molecular weight is 462 g/mol. The highest BCUT2D eigenvalue weighted by Gasteiger charge is 2.33. The molecule has 1 fully saturated rings. The second-order valence-electron chi connectivity index (χ2n) is 8.23. The van der Waals surface area contributed by atoms with Gasteiger partial charge in [-0.3, -0.25) is 4.79 Å². The first-order valence-electron chi connectivity index (χ1n) is 10.5. The van der Waals surface area contributed by atoms with Crippen LogP contribution >= 0.6 is 0 Å². The molecule has 1 aromatic heterocycles. The molecule has 0 radical (unpaired) electrons. The fraction of sp³-hybridized carbons (Fsp3) is 0.348. The molecule has 2 aromatic carbocycles. The van der Waals surface area contributed by atoms with E-state index in [1.165, 1.54) is 5.56 Å². The van der Waals surface area contributed by atoms with Gasteiger partial charge in [0, 0.05) is 42.1 Å². The number of benzene rings is 2. The molecule has 0 spiro atoms. The topological polar surface area (TPSA) is 82.3 Å². The van der Waals surface area contributed by atoms with E-state index in [1.807, 2.05) is 26.0 Å². The van der Waals surface area contributed by atoms with E-state index in [2.05, 4.69) is 16.4 Å². The highest BCUT2D eigenvalue weighted by atomic mass is 32.2. The molecule has 0 unspecified atom stereocenters. The van der Waals surface area contributed by atoms with Crippen LogP contribution in [0.4, 0.5) is 8.78 Å². The predicted molar refractivity (Wildman–Crippen MR) is 117 cm³/mol. The van der Waals surface area contributed by atoms with Crippen LogP contribution in [-0.4, -0.2) is 36.7 Å². The number of amides is 1. The Morgan fingerprint density at radius 1 is 1.12 bits per heavy atom. The van der Waals surface area contributed by atoms with Crippen LogP contribution in [0.25, 0.3) is 10.9 Å². The van der Waals surface area contributed by atoms with E-state index in [0.29, 0.717) is 25.5 Å². The van der Waals surface area contributed by atoms with Crippen LogP contribution in [0.5, 0.6) is 0 Å². The molecule has 6 nitrogen and oxygen atoms in total. The van der Waals surface area contributed by atoms with E-state index in [0.717, 1.165) is 38.6 Å². The van der Waals surface area contributed by atoms with Gasteiger partial charge in [0.2, 0.25) is 15.9 Å². The third-order valence-electron chi connectivity index (χ3n) is 6.18. The SMILES string of the molecule is Cc1[nH]c2ccc(CNC(=O)C3CCN(S(=O)(=O)c4cc(F)ccc4F)CC3)cc2c1C. The molecule has 2 N–H and O–H groups in total. The van der Waals surface area contributed by atoms with Crippen molar-refractivity contribution in [2.45, 2.75) is 38.1 Å². The lowest BCUT2D eigenvalue weighted by atomic mass is 9.97. The first-order chi connectivity index (χ1) is 15.2. The summed E-state index contributed by atoms with van der Waals surface area (Å²) in [6.07, 6.45) is 0.633. The average Bonchev–Trinajstić information content (AvgIpc) is 3.07. The van der Waals surface area contributed by atoms with Gasteiger partial charge in [0.05, 0.1) is 0 Å². The van der Waals surface area contributed by atoms with Crippen LogP contribution in [0.1, 0.15) is 29.7 Å². The molecule has 2 heterocycles. The summed E-state index contributed by atoms with van der Waals surface area (Å²) in [6.45, 7) is 4.60. The molecule has 32 heavy (non-hydrogen) atoms. The lowest BCUT2D eigenvalue weighted by molar-refractivity contribution is -0.126. The Hall–Kier alpha value is -2.78. The van der Waals surface area contributed by atoms with Gasteiger partial charge in [-0.2, -0.15) is 4.31 Å². The summed E-state index contributed by atoms with van der Waals surface area (Å²) in [6, 6.07) is 8.37. The summed E-state index contributed by atoms with van der Waals surface area (Å²) >= 11 is 0. The van der Waals surface area contributed by atoms with Gasteiger partial charge in [0.25, 0.3) is 0 Å². The maximum atomic E-state index is 14.0. The van der Waals surface area contributed by atoms with Gasteiger partial charge in [-0.15, -0.1) is 0 Å². The Bertz CT molecular complexity index is 1280. The Balaban J connectivity index is 1.36. The number of rotatable bonds is 5. The predicted octanol–water partition coefficient (Wildman–Crippen LogP) is 3.78. The van der Waals surface area contributed by atoms with E-state index < -0.39 is 26.6 Å². The molecule has 1 saturated heterocycles. The van der Waals surface area contributed by atoms with Crippen LogP contribution in [-0.2, 0) is 21.4 Å². The lowest BCUT2D eigenvalue weighted by Gasteiger charge is -2.30. The van der Waals surface area contributed by atoms with Crippen LogP contribution in [0.2, 0.25) is 0 Å². The van der Waals surface area contributed by atoms with Crippen molar-refractivity contribution in [2.24, 2.45) is 5.92 Å². The van der Waals surface area contributed by atoms with Crippen LogP contribution in [0.15, 0.2) is 41.3 Å². The van der Waals surface area contributed by atoms with Crippen molar-refractivity contribution in [2.75, 3.05) is 13.1 Å². The lowest BCUT2D eigenvalue weighted by Crippen LogP contribution is -2.43. The van der Waals surface area contributed by atoms with E-state index in [1.54, 1.807) is 0 Å². The summed E-state index contributed by atoms with van der Waals surface area (Å²) in [4.78, 5) is 15.3. The standard InChI is InChI=1S/C23H25F2N3O3S/c1-14-15(2)27-21-6-3-16(11-19(14)21)13-26-23(29)17-7-9-28(10-8-17)32(30,31)22-12-18(24)4-5-20(22)25/h3-6,11-12,17,27H,7-10,13H2,1-2H3,(H,26,29). The zero-order valence-electron chi connectivity index (χ0n) is 17.9. The minimum absolute atomic E-state index is 0.0736. The molecular weight excluding hydrogens is 436 g/mol. The quantitative estimate of drug-likeness (QED) is 0.607. The monoisotopic (exact) mass is 461 g/mol. The van der Waals surface area contributed by atoms with E-state index in [4.69, 9.17) is 0 Å². The molecule has 0 bridgehead atoms. The molecule has 9 heteroatoms. The maximum Gasteiger partial charge on any atom is 0.246 e. The Labute approximate surface area is 185 Å². The number of hydrogen-bond acceptors (Lipinski definition) is 3. The summed E-state index contributed by atoms with van der Waals surface area (Å²) in [5.41, 5.74) is 4.32. The van der Waals surface area contributed by atoms with Crippen LogP contribution in [0, 0.1) is 31.4 Å². The molecule has 4 rings (SSSR count). The molecule has 3 aromatic rings. The van der Waals surface area contributed by atoms with Gasteiger partial charge < -0.3 is 10.3 Å². The number of aryl methyl sites for hydroxylation is 2.